The van der Waals surface area contributed by atoms with Crippen LogP contribution in [0.15, 0.2) is 65.5 Å². The molecule has 0 aliphatic heterocycles. The maximum Gasteiger partial charge on any atom is 0.322 e. The molecule has 2 N–H and O–H groups in total. The van der Waals surface area contributed by atoms with E-state index in [1.807, 2.05) is 48.5 Å². The van der Waals surface area contributed by atoms with Crippen molar-refractivity contribution in [2.24, 2.45) is 0 Å². The SMILES string of the molecule is O=C(Nc1ccccc1)N(CCc1ccccc1)Cc1nc2sc3c(c2c(=O)[nH]1)CCCC3. The van der Waals surface area contributed by atoms with Gasteiger partial charge in [0.1, 0.15) is 10.7 Å². The molecule has 0 saturated heterocycles. The average molecular weight is 459 g/mol. The minimum absolute atomic E-state index is 0.0964. The molecule has 5 rings (SSSR count). The van der Waals surface area contributed by atoms with Gasteiger partial charge < -0.3 is 15.2 Å². The molecule has 0 unspecified atom stereocenters. The number of thiophene rings is 1. The predicted octanol–water partition coefficient (Wildman–Crippen LogP) is 5.14. The number of carbonyl (C=O) groups is 1. The number of amides is 2. The van der Waals surface area contributed by atoms with E-state index in [2.05, 4.69) is 22.4 Å². The standard InChI is InChI=1S/C26H26N4O2S/c31-24-23-20-13-7-8-14-21(20)33-25(23)29-22(28-24)17-30(16-15-18-9-3-1-4-10-18)26(32)27-19-11-5-2-6-12-19/h1-6,9-12H,7-8,13-17H2,(H,27,32)(H,28,29,31). The maximum absolute atomic E-state index is 13.1. The summed E-state index contributed by atoms with van der Waals surface area (Å²) in [6.45, 7) is 0.741. The summed E-state index contributed by atoms with van der Waals surface area (Å²) in [5.74, 6) is 0.516. The lowest BCUT2D eigenvalue weighted by Gasteiger charge is -2.23. The van der Waals surface area contributed by atoms with Crippen LogP contribution < -0.4 is 10.9 Å². The minimum Gasteiger partial charge on any atom is -0.317 e. The third-order valence-electron chi connectivity index (χ3n) is 6.04. The number of nitrogens with one attached hydrogen (secondary N) is 2. The molecule has 33 heavy (non-hydrogen) atoms. The maximum atomic E-state index is 13.1. The van der Waals surface area contributed by atoms with Gasteiger partial charge in [-0.05, 0) is 55.4 Å². The van der Waals surface area contributed by atoms with Crippen LogP contribution >= 0.6 is 11.3 Å². The Kier molecular flexibility index (Phi) is 6.21. The highest BCUT2D eigenvalue weighted by molar-refractivity contribution is 7.18. The average Bonchev–Trinajstić information content (AvgIpc) is 3.22. The molecule has 7 heteroatoms. The number of anilines is 1. The lowest BCUT2D eigenvalue weighted by Crippen LogP contribution is -2.37. The number of urea groups is 1. The van der Waals surface area contributed by atoms with Crippen LogP contribution in [0.2, 0.25) is 0 Å². The third-order valence-corrected chi connectivity index (χ3v) is 7.23. The second-order valence-electron chi connectivity index (χ2n) is 8.36. The molecule has 0 atom stereocenters. The van der Waals surface area contributed by atoms with E-state index in [1.165, 1.54) is 10.4 Å². The fourth-order valence-corrected chi connectivity index (χ4v) is 5.63. The number of hydrogen-bond donors (Lipinski definition) is 2. The summed E-state index contributed by atoms with van der Waals surface area (Å²) in [5.41, 5.74) is 2.96. The van der Waals surface area contributed by atoms with E-state index in [1.54, 1.807) is 16.2 Å². The van der Waals surface area contributed by atoms with Gasteiger partial charge in [0.05, 0.1) is 11.9 Å². The van der Waals surface area contributed by atoms with Crippen LogP contribution in [0, 0.1) is 0 Å². The Balaban J connectivity index is 1.41. The van der Waals surface area contributed by atoms with Gasteiger partial charge in [-0.15, -0.1) is 11.3 Å². The highest BCUT2D eigenvalue weighted by Crippen LogP contribution is 2.33. The van der Waals surface area contributed by atoms with Crippen molar-refractivity contribution < 1.29 is 4.79 Å². The lowest BCUT2D eigenvalue weighted by molar-refractivity contribution is 0.208. The first kappa shape index (κ1) is 21.4. The van der Waals surface area contributed by atoms with Crippen LogP contribution in [0.5, 0.6) is 0 Å². The summed E-state index contributed by atoms with van der Waals surface area (Å²) in [6, 6.07) is 19.2. The van der Waals surface area contributed by atoms with Gasteiger partial charge in [0.2, 0.25) is 0 Å². The van der Waals surface area contributed by atoms with Crippen LogP contribution in [0.4, 0.5) is 10.5 Å². The Morgan fingerprint density at radius 2 is 1.76 bits per heavy atom. The van der Waals surface area contributed by atoms with Crippen molar-refractivity contribution in [3.63, 3.8) is 0 Å². The first-order chi connectivity index (χ1) is 16.2. The van der Waals surface area contributed by atoms with Gasteiger partial charge in [0.25, 0.3) is 5.56 Å². The van der Waals surface area contributed by atoms with Crippen molar-refractivity contribution in [2.45, 2.75) is 38.6 Å². The largest absolute Gasteiger partial charge is 0.322 e. The van der Waals surface area contributed by atoms with Crippen molar-refractivity contribution in [1.29, 1.82) is 0 Å². The second kappa shape index (κ2) is 9.58. The van der Waals surface area contributed by atoms with Gasteiger partial charge in [-0.1, -0.05) is 48.5 Å². The number of aromatic nitrogens is 2. The van der Waals surface area contributed by atoms with Gasteiger partial charge >= 0.3 is 6.03 Å². The second-order valence-corrected chi connectivity index (χ2v) is 9.44. The molecule has 2 amide bonds. The molecule has 0 bridgehead atoms. The zero-order valence-electron chi connectivity index (χ0n) is 18.3. The van der Waals surface area contributed by atoms with Crippen LogP contribution in [0.25, 0.3) is 10.2 Å². The van der Waals surface area contributed by atoms with Crippen molar-refractivity contribution in [3.05, 3.63) is 92.8 Å². The van der Waals surface area contributed by atoms with Crippen molar-refractivity contribution >= 4 is 33.3 Å². The molecule has 2 aromatic carbocycles. The molecule has 4 aromatic rings. The molecule has 168 valence electrons. The summed E-state index contributed by atoms with van der Waals surface area (Å²) in [5, 5.41) is 3.70. The first-order valence-electron chi connectivity index (χ1n) is 11.4. The highest BCUT2D eigenvalue weighted by atomic mass is 32.1. The van der Waals surface area contributed by atoms with E-state index in [-0.39, 0.29) is 18.1 Å². The number of hydrogen-bond acceptors (Lipinski definition) is 4. The Labute approximate surface area is 196 Å². The number of fused-ring (bicyclic) bond motifs is 3. The van der Waals surface area contributed by atoms with Crippen molar-refractivity contribution in [3.8, 4) is 0 Å². The summed E-state index contributed by atoms with van der Waals surface area (Å²) < 4.78 is 0. The summed E-state index contributed by atoms with van der Waals surface area (Å²) in [7, 11) is 0. The molecule has 0 spiro atoms. The normalized spacial score (nSPS) is 13.0. The number of rotatable bonds is 6. The number of benzene rings is 2. The molecule has 1 aliphatic rings. The van der Waals surface area contributed by atoms with E-state index in [0.717, 1.165) is 47.2 Å². The third kappa shape index (κ3) is 4.83. The fourth-order valence-electron chi connectivity index (χ4n) is 4.35. The smallest absolute Gasteiger partial charge is 0.317 e. The predicted molar refractivity (Wildman–Crippen MR) is 133 cm³/mol. The lowest BCUT2D eigenvalue weighted by atomic mass is 9.97. The van der Waals surface area contributed by atoms with E-state index < -0.39 is 0 Å². The number of para-hydroxylation sites is 1. The summed E-state index contributed by atoms with van der Waals surface area (Å²) in [6.07, 6.45) is 4.96. The number of aromatic amines is 1. The molecule has 6 nitrogen and oxygen atoms in total. The zero-order chi connectivity index (χ0) is 22.6. The fraction of sp³-hybridized carbons (Fsp3) is 0.269. The molecule has 0 radical (unpaired) electrons. The van der Waals surface area contributed by atoms with Gasteiger partial charge in [-0.2, -0.15) is 0 Å². The molecule has 1 aliphatic carbocycles. The molecular formula is C26H26N4O2S. The number of H-pyrrole nitrogens is 1. The topological polar surface area (TPSA) is 78.1 Å². The van der Waals surface area contributed by atoms with Gasteiger partial charge in [-0.3, -0.25) is 4.79 Å². The summed E-state index contributed by atoms with van der Waals surface area (Å²) >= 11 is 1.63. The quantitative estimate of drug-likeness (QED) is 0.420. The highest BCUT2D eigenvalue weighted by Gasteiger charge is 2.21. The minimum atomic E-state index is -0.217. The Morgan fingerprint density at radius 1 is 1.03 bits per heavy atom. The molecule has 2 aromatic heterocycles. The van der Waals surface area contributed by atoms with E-state index in [0.29, 0.717) is 18.8 Å². The first-order valence-corrected chi connectivity index (χ1v) is 12.2. The number of aryl methyl sites for hydroxylation is 2. The number of carbonyl (C=O) groups excluding carboxylic acids is 1. The summed E-state index contributed by atoms with van der Waals surface area (Å²) in [4.78, 5) is 37.6. The van der Waals surface area contributed by atoms with Crippen LogP contribution in [-0.2, 0) is 25.8 Å². The van der Waals surface area contributed by atoms with Crippen molar-refractivity contribution in [2.75, 3.05) is 11.9 Å². The van der Waals surface area contributed by atoms with Crippen LogP contribution in [0.1, 0.15) is 34.7 Å². The molecular weight excluding hydrogens is 432 g/mol. The van der Waals surface area contributed by atoms with E-state index >= 15 is 0 Å². The monoisotopic (exact) mass is 458 g/mol. The zero-order valence-corrected chi connectivity index (χ0v) is 19.2. The van der Waals surface area contributed by atoms with Crippen LogP contribution in [-0.4, -0.2) is 27.4 Å². The Hall–Kier alpha value is -3.45. The number of nitrogens with zero attached hydrogens (tertiary/aromatic N) is 2. The van der Waals surface area contributed by atoms with Gasteiger partial charge in [0, 0.05) is 17.1 Å². The van der Waals surface area contributed by atoms with Crippen LogP contribution in [0.3, 0.4) is 0 Å². The molecule has 2 heterocycles. The van der Waals surface area contributed by atoms with Crippen molar-refractivity contribution in [1.82, 2.24) is 14.9 Å². The van der Waals surface area contributed by atoms with Gasteiger partial charge in [-0.25, -0.2) is 9.78 Å². The van der Waals surface area contributed by atoms with E-state index in [9.17, 15) is 9.59 Å². The Bertz CT molecular complexity index is 1310. The van der Waals surface area contributed by atoms with Gasteiger partial charge in [0.15, 0.2) is 0 Å². The molecule has 0 saturated carbocycles. The molecule has 0 fully saturated rings. The Morgan fingerprint density at radius 3 is 2.55 bits per heavy atom. The van der Waals surface area contributed by atoms with E-state index in [4.69, 9.17) is 4.98 Å².